The molecule has 0 aromatic heterocycles. The van der Waals surface area contributed by atoms with Gasteiger partial charge in [-0.05, 0) is 32.6 Å². The van der Waals surface area contributed by atoms with Gasteiger partial charge in [0.1, 0.15) is 0 Å². The third-order valence-electron chi connectivity index (χ3n) is 4.30. The first-order valence-electron chi connectivity index (χ1n) is 7.09. The SMILES string of the molecule is CC(O)C(C)SC1CCOC2(CCCCC2)C1. The zero-order valence-electron chi connectivity index (χ0n) is 11.2. The van der Waals surface area contributed by atoms with E-state index >= 15 is 0 Å². The van der Waals surface area contributed by atoms with Gasteiger partial charge in [-0.15, -0.1) is 0 Å². The number of ether oxygens (including phenoxy) is 1. The molecule has 0 radical (unpaired) electrons. The number of aliphatic hydroxyl groups is 1. The first-order chi connectivity index (χ1) is 8.11. The molecule has 3 heteroatoms. The van der Waals surface area contributed by atoms with E-state index in [0.29, 0.717) is 10.5 Å². The average molecular weight is 258 g/mol. The Morgan fingerprint density at radius 2 is 1.94 bits per heavy atom. The molecule has 1 saturated heterocycles. The van der Waals surface area contributed by atoms with E-state index in [9.17, 15) is 5.11 Å². The van der Waals surface area contributed by atoms with Gasteiger partial charge in [0, 0.05) is 17.1 Å². The molecule has 3 unspecified atom stereocenters. The summed E-state index contributed by atoms with van der Waals surface area (Å²) in [6, 6.07) is 0. The van der Waals surface area contributed by atoms with Crippen LogP contribution in [0.5, 0.6) is 0 Å². The van der Waals surface area contributed by atoms with Crippen LogP contribution in [-0.4, -0.2) is 33.9 Å². The van der Waals surface area contributed by atoms with Crippen LogP contribution in [0.25, 0.3) is 0 Å². The zero-order valence-corrected chi connectivity index (χ0v) is 12.0. The highest BCUT2D eigenvalue weighted by atomic mass is 32.2. The molecule has 2 fully saturated rings. The van der Waals surface area contributed by atoms with Crippen molar-refractivity contribution in [3.63, 3.8) is 0 Å². The van der Waals surface area contributed by atoms with Crippen molar-refractivity contribution in [2.75, 3.05) is 6.61 Å². The van der Waals surface area contributed by atoms with Crippen LogP contribution < -0.4 is 0 Å². The molecule has 0 bridgehead atoms. The molecule has 2 rings (SSSR count). The maximum absolute atomic E-state index is 9.60. The summed E-state index contributed by atoms with van der Waals surface area (Å²) in [6.07, 6.45) is 8.73. The highest BCUT2D eigenvalue weighted by molar-refractivity contribution is 8.00. The van der Waals surface area contributed by atoms with E-state index in [2.05, 4.69) is 6.92 Å². The molecule has 0 aromatic carbocycles. The maximum Gasteiger partial charge on any atom is 0.0693 e. The van der Waals surface area contributed by atoms with Crippen molar-refractivity contribution in [2.24, 2.45) is 0 Å². The van der Waals surface area contributed by atoms with E-state index in [1.54, 1.807) is 0 Å². The molecule has 17 heavy (non-hydrogen) atoms. The van der Waals surface area contributed by atoms with Crippen LogP contribution in [0.4, 0.5) is 0 Å². The third kappa shape index (κ3) is 3.62. The monoisotopic (exact) mass is 258 g/mol. The fourth-order valence-corrected chi connectivity index (χ4v) is 4.53. The largest absolute Gasteiger partial charge is 0.392 e. The Labute approximate surface area is 110 Å². The second kappa shape index (κ2) is 5.94. The minimum Gasteiger partial charge on any atom is -0.392 e. The van der Waals surface area contributed by atoms with Crippen molar-refractivity contribution in [1.29, 1.82) is 0 Å². The number of thioether (sulfide) groups is 1. The van der Waals surface area contributed by atoms with Crippen molar-refractivity contribution in [3.8, 4) is 0 Å². The molecule has 1 spiro atoms. The second-order valence-electron chi connectivity index (χ2n) is 5.79. The molecule has 2 nitrogen and oxygen atoms in total. The zero-order chi connectivity index (χ0) is 12.3. The summed E-state index contributed by atoms with van der Waals surface area (Å²) in [6.45, 7) is 4.95. The number of hydrogen-bond donors (Lipinski definition) is 1. The number of rotatable bonds is 3. The van der Waals surface area contributed by atoms with Gasteiger partial charge < -0.3 is 9.84 Å². The predicted octanol–water partition coefficient (Wildman–Crippen LogP) is 3.37. The lowest BCUT2D eigenvalue weighted by molar-refractivity contribution is -0.0971. The lowest BCUT2D eigenvalue weighted by Gasteiger charge is -2.44. The molecule has 0 aromatic rings. The van der Waals surface area contributed by atoms with Crippen LogP contribution in [0.1, 0.15) is 58.8 Å². The molecule has 100 valence electrons. The third-order valence-corrected chi connectivity index (χ3v) is 5.91. The fourth-order valence-electron chi connectivity index (χ4n) is 3.06. The van der Waals surface area contributed by atoms with Crippen LogP contribution in [0.15, 0.2) is 0 Å². The molecular formula is C14H26O2S. The van der Waals surface area contributed by atoms with E-state index in [-0.39, 0.29) is 11.7 Å². The van der Waals surface area contributed by atoms with Crippen LogP contribution in [0.3, 0.4) is 0 Å². The summed E-state index contributed by atoms with van der Waals surface area (Å²) in [4.78, 5) is 0. The maximum atomic E-state index is 9.60. The van der Waals surface area contributed by atoms with Crippen molar-refractivity contribution < 1.29 is 9.84 Å². The summed E-state index contributed by atoms with van der Waals surface area (Å²) in [5, 5.41) is 10.6. The Morgan fingerprint density at radius 1 is 1.24 bits per heavy atom. The topological polar surface area (TPSA) is 29.5 Å². The highest BCUT2D eigenvalue weighted by Crippen LogP contribution is 2.42. The van der Waals surface area contributed by atoms with E-state index < -0.39 is 0 Å². The number of aliphatic hydroxyl groups excluding tert-OH is 1. The van der Waals surface area contributed by atoms with Gasteiger partial charge in [0.15, 0.2) is 0 Å². The van der Waals surface area contributed by atoms with Crippen LogP contribution in [0, 0.1) is 0 Å². The van der Waals surface area contributed by atoms with Gasteiger partial charge >= 0.3 is 0 Å². The summed E-state index contributed by atoms with van der Waals surface area (Å²) >= 11 is 1.97. The molecule has 1 heterocycles. The first-order valence-corrected chi connectivity index (χ1v) is 8.03. The minimum absolute atomic E-state index is 0.201. The van der Waals surface area contributed by atoms with Crippen molar-refractivity contribution in [1.82, 2.24) is 0 Å². The normalized spacial score (nSPS) is 32.3. The fraction of sp³-hybridized carbons (Fsp3) is 1.00. The average Bonchev–Trinajstić information content (AvgIpc) is 2.30. The van der Waals surface area contributed by atoms with Gasteiger partial charge in [0.05, 0.1) is 11.7 Å². The van der Waals surface area contributed by atoms with Crippen molar-refractivity contribution in [2.45, 2.75) is 81.0 Å². The Morgan fingerprint density at radius 3 is 2.59 bits per heavy atom. The molecule has 1 aliphatic heterocycles. The quantitative estimate of drug-likeness (QED) is 0.841. The summed E-state index contributed by atoms with van der Waals surface area (Å²) in [5.41, 5.74) is 0.201. The number of hydrogen-bond acceptors (Lipinski definition) is 3. The molecular weight excluding hydrogens is 232 g/mol. The minimum atomic E-state index is -0.204. The lowest BCUT2D eigenvalue weighted by Crippen LogP contribution is -2.43. The Bertz CT molecular complexity index is 231. The van der Waals surface area contributed by atoms with E-state index in [1.165, 1.54) is 38.5 Å². The van der Waals surface area contributed by atoms with Crippen LogP contribution in [-0.2, 0) is 4.74 Å². The lowest BCUT2D eigenvalue weighted by atomic mass is 9.80. The standard InChI is InChI=1S/C14H26O2S/c1-11(15)12(2)17-13-6-9-16-14(10-13)7-4-3-5-8-14/h11-13,15H,3-10H2,1-2H3. The van der Waals surface area contributed by atoms with Crippen molar-refractivity contribution >= 4 is 11.8 Å². The summed E-state index contributed by atoms with van der Waals surface area (Å²) < 4.78 is 6.10. The van der Waals surface area contributed by atoms with E-state index in [4.69, 9.17) is 4.74 Å². The molecule has 1 saturated carbocycles. The van der Waals surface area contributed by atoms with Gasteiger partial charge in [-0.25, -0.2) is 0 Å². The molecule has 1 N–H and O–H groups in total. The summed E-state index contributed by atoms with van der Waals surface area (Å²) in [5.74, 6) is 0. The molecule has 3 atom stereocenters. The van der Waals surface area contributed by atoms with Gasteiger partial charge in [-0.2, -0.15) is 11.8 Å². The molecule has 1 aliphatic carbocycles. The van der Waals surface area contributed by atoms with Gasteiger partial charge in [-0.1, -0.05) is 26.2 Å². The van der Waals surface area contributed by atoms with Gasteiger partial charge in [-0.3, -0.25) is 0 Å². The molecule has 0 amide bonds. The van der Waals surface area contributed by atoms with Crippen LogP contribution in [0.2, 0.25) is 0 Å². The highest BCUT2D eigenvalue weighted by Gasteiger charge is 2.39. The summed E-state index contributed by atoms with van der Waals surface area (Å²) in [7, 11) is 0. The smallest absolute Gasteiger partial charge is 0.0693 e. The van der Waals surface area contributed by atoms with Gasteiger partial charge in [0.2, 0.25) is 0 Å². The van der Waals surface area contributed by atoms with Gasteiger partial charge in [0.25, 0.3) is 0 Å². The molecule has 2 aliphatic rings. The van der Waals surface area contributed by atoms with E-state index in [0.717, 1.165) is 13.0 Å². The Balaban J connectivity index is 1.88. The second-order valence-corrected chi connectivity index (χ2v) is 7.47. The van der Waals surface area contributed by atoms with Crippen molar-refractivity contribution in [3.05, 3.63) is 0 Å². The van der Waals surface area contributed by atoms with E-state index in [1.807, 2.05) is 18.7 Å². The van der Waals surface area contributed by atoms with Crippen LogP contribution >= 0.6 is 11.8 Å². The Kier molecular flexibility index (Phi) is 4.79. The predicted molar refractivity (Wildman–Crippen MR) is 73.5 cm³/mol. The first kappa shape index (κ1) is 13.7. The Hall–Kier alpha value is 0.270.